The van der Waals surface area contributed by atoms with E-state index in [0.717, 1.165) is 19.4 Å². The van der Waals surface area contributed by atoms with Gasteiger partial charge in [-0.05, 0) is 32.7 Å². The Kier molecular flexibility index (Phi) is 7.27. The number of fused-ring (bicyclic) bond motifs is 1. The maximum Gasteiger partial charge on any atom is 0.353 e. The summed E-state index contributed by atoms with van der Waals surface area (Å²) in [5, 5.41) is 24.2. The molecule has 12 nitrogen and oxygen atoms in total. The van der Waals surface area contributed by atoms with E-state index in [4.69, 9.17) is 5.14 Å². The molecule has 4 aliphatic rings. The van der Waals surface area contributed by atoms with E-state index in [1.165, 1.54) is 16.7 Å². The number of β-lactam (4-membered cyclic amide) rings is 1. The number of carbonyl (C=O) groups excluding carboxylic acids is 2. The maximum absolute atomic E-state index is 13.0. The van der Waals surface area contributed by atoms with Crippen molar-refractivity contribution in [1.29, 1.82) is 0 Å². The molecule has 0 aromatic carbocycles. The van der Waals surface area contributed by atoms with E-state index in [0.29, 0.717) is 17.9 Å². The summed E-state index contributed by atoms with van der Waals surface area (Å²) in [6, 6.07) is -1.10. The molecule has 0 unspecified atom stereocenters. The van der Waals surface area contributed by atoms with Crippen LogP contribution in [0.2, 0.25) is 0 Å². The van der Waals surface area contributed by atoms with E-state index in [2.05, 4.69) is 20.7 Å². The van der Waals surface area contributed by atoms with Gasteiger partial charge in [-0.3, -0.25) is 9.59 Å². The van der Waals surface area contributed by atoms with Crippen molar-refractivity contribution in [3.8, 4) is 0 Å². The van der Waals surface area contributed by atoms with Crippen LogP contribution in [0.5, 0.6) is 0 Å². The average Bonchev–Trinajstić information content (AvgIpc) is 3.47. The van der Waals surface area contributed by atoms with Crippen LogP contribution < -0.4 is 25.8 Å². The summed E-state index contributed by atoms with van der Waals surface area (Å²) in [4.78, 5) is 39.7. The smallest absolute Gasteiger partial charge is 0.353 e. The van der Waals surface area contributed by atoms with Crippen molar-refractivity contribution in [3.63, 3.8) is 0 Å². The van der Waals surface area contributed by atoms with E-state index in [1.54, 1.807) is 6.92 Å². The van der Waals surface area contributed by atoms with Crippen molar-refractivity contribution in [2.24, 2.45) is 17.0 Å². The first-order valence-electron chi connectivity index (χ1n) is 11.5. The third kappa shape index (κ3) is 4.97. The molecule has 7 atom stereocenters. The minimum Gasteiger partial charge on any atom is -0.477 e. The van der Waals surface area contributed by atoms with Gasteiger partial charge in [-0.15, -0.1) is 11.8 Å². The second-order valence-electron chi connectivity index (χ2n) is 9.45. The van der Waals surface area contributed by atoms with Crippen LogP contribution in [0.15, 0.2) is 10.6 Å². The molecule has 4 aliphatic heterocycles. The van der Waals surface area contributed by atoms with E-state index >= 15 is 0 Å². The Hall–Kier alpha value is -1.71. The van der Waals surface area contributed by atoms with Crippen LogP contribution in [0.1, 0.15) is 33.1 Å². The Morgan fingerprint density at radius 3 is 2.71 bits per heavy atom. The fourth-order valence-corrected chi connectivity index (χ4v) is 7.40. The van der Waals surface area contributed by atoms with Gasteiger partial charge in [0.1, 0.15) is 5.70 Å². The Bertz CT molecular complexity index is 998. The lowest BCUT2D eigenvalue weighted by Gasteiger charge is -2.47. The zero-order chi connectivity index (χ0) is 24.8. The molecule has 4 heterocycles. The Labute approximate surface area is 203 Å². The molecule has 7 N–H and O–H groups in total. The highest BCUT2D eigenvalue weighted by atomic mass is 32.2. The molecular formula is C20H32N6O6S2. The molecule has 0 saturated carbocycles. The zero-order valence-electron chi connectivity index (χ0n) is 19.1. The van der Waals surface area contributed by atoms with Crippen LogP contribution in [0, 0.1) is 11.8 Å². The molecule has 0 bridgehead atoms. The lowest BCUT2D eigenvalue weighted by molar-refractivity contribution is -0.158. The summed E-state index contributed by atoms with van der Waals surface area (Å²) in [5.41, 5.74) is 0.0193. The predicted molar refractivity (Wildman–Crippen MR) is 125 cm³/mol. The number of aliphatic carboxylic acids is 1. The number of hydrogen-bond donors (Lipinski definition) is 6. The zero-order valence-corrected chi connectivity index (χ0v) is 20.7. The molecule has 0 aliphatic carbocycles. The summed E-state index contributed by atoms with van der Waals surface area (Å²) in [6.07, 6.45) is 2.32. The first kappa shape index (κ1) is 25.4. The minimum absolute atomic E-state index is 0.0193. The van der Waals surface area contributed by atoms with Gasteiger partial charge in [0, 0.05) is 41.2 Å². The highest BCUT2D eigenvalue weighted by molar-refractivity contribution is 8.03. The summed E-state index contributed by atoms with van der Waals surface area (Å²) < 4.78 is 24.6. The normalized spacial score (nSPS) is 34.2. The quantitative estimate of drug-likeness (QED) is 0.194. The largest absolute Gasteiger partial charge is 0.477 e. The van der Waals surface area contributed by atoms with E-state index < -0.39 is 28.1 Å². The second kappa shape index (κ2) is 9.74. The molecule has 0 radical (unpaired) electrons. The van der Waals surface area contributed by atoms with Gasteiger partial charge >= 0.3 is 5.97 Å². The Morgan fingerprint density at radius 1 is 1.35 bits per heavy atom. The number of thioether (sulfide) groups is 1. The number of nitrogens with one attached hydrogen (secondary N) is 4. The van der Waals surface area contributed by atoms with Gasteiger partial charge in [0.15, 0.2) is 0 Å². The van der Waals surface area contributed by atoms with Crippen LogP contribution in [0.25, 0.3) is 0 Å². The number of carbonyl (C=O) groups is 3. The summed E-state index contributed by atoms with van der Waals surface area (Å²) in [7, 11) is -3.78. The van der Waals surface area contributed by atoms with Gasteiger partial charge in [-0.25, -0.2) is 14.7 Å². The van der Waals surface area contributed by atoms with Crippen LogP contribution >= 0.6 is 11.8 Å². The van der Waals surface area contributed by atoms with Crippen molar-refractivity contribution >= 4 is 39.8 Å². The number of amides is 2. The molecular weight excluding hydrogens is 484 g/mol. The third-order valence-electron chi connectivity index (χ3n) is 7.08. The molecule has 4 rings (SSSR count). The van der Waals surface area contributed by atoms with Gasteiger partial charge in [-0.1, -0.05) is 6.92 Å². The van der Waals surface area contributed by atoms with Crippen LogP contribution in [0.3, 0.4) is 0 Å². The molecule has 190 valence electrons. The van der Waals surface area contributed by atoms with Gasteiger partial charge in [0.05, 0.1) is 18.0 Å². The predicted octanol–water partition coefficient (Wildman–Crippen LogP) is -1.73. The van der Waals surface area contributed by atoms with Crippen molar-refractivity contribution in [1.82, 2.24) is 25.6 Å². The topological polar surface area (TPSA) is 183 Å². The molecule has 14 heteroatoms. The molecule has 0 aromatic rings. The summed E-state index contributed by atoms with van der Waals surface area (Å²) in [6.45, 7) is 5.25. The van der Waals surface area contributed by atoms with E-state index in [9.17, 15) is 27.9 Å². The minimum atomic E-state index is -3.78. The molecule has 3 saturated heterocycles. The first-order chi connectivity index (χ1) is 16.0. The van der Waals surface area contributed by atoms with Crippen LogP contribution in [0.4, 0.5) is 0 Å². The maximum atomic E-state index is 13.0. The third-order valence-corrected chi connectivity index (χ3v) is 9.16. The number of carboxylic acid groups (broad SMARTS) is 1. The highest BCUT2D eigenvalue weighted by Crippen LogP contribution is 2.51. The van der Waals surface area contributed by atoms with E-state index in [-0.39, 0.29) is 53.3 Å². The lowest BCUT2D eigenvalue weighted by atomic mass is 9.78. The fraction of sp³-hybridized carbons (Fsp3) is 0.750. The highest BCUT2D eigenvalue weighted by Gasteiger charge is 2.60. The van der Waals surface area contributed by atoms with E-state index in [1.807, 2.05) is 6.92 Å². The van der Waals surface area contributed by atoms with Crippen molar-refractivity contribution in [2.75, 3.05) is 19.6 Å². The number of carboxylic acids is 1. The summed E-state index contributed by atoms with van der Waals surface area (Å²) in [5.74, 6) is -2.23. The van der Waals surface area contributed by atoms with Gasteiger partial charge < -0.3 is 26.0 Å². The standard InChI is InChI=1S/C20H32N6O6S2/c1-9-15-14(10(2)25-18(27)13-4-3-5-22-13)19(28)26(15)16(20(29)30)17(9)33-12-6-11(23-8-12)7-24-34(21,31)32/h9-15,22-24H,3-8H2,1-2H3,(H,25,27)(H,29,30)(H2,21,31,32)/t9-,10-,11+,12+,13-,14-,15-/m1/s1. The van der Waals surface area contributed by atoms with Gasteiger partial charge in [0.25, 0.3) is 10.2 Å². The molecule has 3 fully saturated rings. The van der Waals surface area contributed by atoms with Crippen molar-refractivity contribution in [3.05, 3.63) is 10.6 Å². The molecule has 2 amide bonds. The molecule has 0 aromatic heterocycles. The fourth-order valence-electron chi connectivity index (χ4n) is 5.44. The molecule has 0 spiro atoms. The monoisotopic (exact) mass is 516 g/mol. The SMILES string of the molecule is C[C@@H](NC(=O)[C@H]1CCCN1)[C@H]1C(=O)N2C(C(=O)O)=C(S[C@@H]3CN[C@H](CNS(N)(=O)=O)C3)[C@H](C)[C@H]12. The van der Waals surface area contributed by atoms with Gasteiger partial charge in [0.2, 0.25) is 11.8 Å². The number of nitrogens with two attached hydrogens (primary N) is 1. The Balaban J connectivity index is 1.42. The van der Waals surface area contributed by atoms with Gasteiger partial charge in [-0.2, -0.15) is 8.42 Å². The first-order valence-corrected chi connectivity index (χ1v) is 13.9. The molecule has 34 heavy (non-hydrogen) atoms. The Morgan fingerprint density at radius 2 is 2.09 bits per heavy atom. The van der Waals surface area contributed by atoms with Crippen LogP contribution in [-0.2, 0) is 24.6 Å². The van der Waals surface area contributed by atoms with Crippen molar-refractivity contribution < 1.29 is 27.9 Å². The van der Waals surface area contributed by atoms with Crippen LogP contribution in [-0.4, -0.2) is 85.3 Å². The lowest BCUT2D eigenvalue weighted by Crippen LogP contribution is -2.66. The average molecular weight is 517 g/mol. The number of nitrogens with zero attached hydrogens (tertiary/aromatic N) is 1. The number of hydrogen-bond acceptors (Lipinski definition) is 8. The number of rotatable bonds is 9. The second-order valence-corrected chi connectivity index (χ2v) is 12.2. The van der Waals surface area contributed by atoms with Crippen molar-refractivity contribution in [2.45, 2.75) is 62.5 Å². The summed E-state index contributed by atoms with van der Waals surface area (Å²) >= 11 is 1.43.